The first-order valence-corrected chi connectivity index (χ1v) is 12.5. The van der Waals surface area contributed by atoms with Gasteiger partial charge >= 0.3 is 0 Å². The van der Waals surface area contributed by atoms with Crippen LogP contribution in [0.15, 0.2) is 45.8 Å². The van der Waals surface area contributed by atoms with Gasteiger partial charge < -0.3 is 9.80 Å². The molecule has 0 N–H and O–H groups in total. The number of fused-ring (bicyclic) bond motifs is 2. The Balaban J connectivity index is 1.58. The topological polar surface area (TPSA) is 74.8 Å². The van der Waals surface area contributed by atoms with E-state index in [2.05, 4.69) is 15.9 Å². The molecular formula is C22H23BrN2O4S. The van der Waals surface area contributed by atoms with Crippen molar-refractivity contribution in [2.75, 3.05) is 28.6 Å². The van der Waals surface area contributed by atoms with Crippen LogP contribution in [0.2, 0.25) is 0 Å². The number of carbonyl (C=O) groups excluding carboxylic acids is 2. The van der Waals surface area contributed by atoms with E-state index in [4.69, 9.17) is 0 Å². The van der Waals surface area contributed by atoms with Gasteiger partial charge in [-0.3, -0.25) is 9.59 Å². The lowest BCUT2D eigenvalue weighted by atomic mass is 10.2. The standard InChI is InChI=1S/C22H23BrN2O4S/c1-2-20(26)25-11-8-16-13-17(23)14-19(22(16)25)30(28,29)12-9-21(27)24-10-7-15-5-3-4-6-18(15)24/h3-6,13-14H,2,7-12H2,1H3. The number of hydrogen-bond acceptors (Lipinski definition) is 4. The third-order valence-corrected chi connectivity index (χ3v) is 7.89. The zero-order chi connectivity index (χ0) is 21.5. The van der Waals surface area contributed by atoms with Gasteiger partial charge in [0.1, 0.15) is 0 Å². The van der Waals surface area contributed by atoms with E-state index in [1.165, 1.54) is 0 Å². The maximum absolute atomic E-state index is 13.2. The number of hydrogen-bond donors (Lipinski definition) is 0. The second-order valence-electron chi connectivity index (χ2n) is 7.55. The van der Waals surface area contributed by atoms with E-state index in [-0.39, 0.29) is 28.9 Å². The van der Waals surface area contributed by atoms with Gasteiger partial charge in [0.15, 0.2) is 9.84 Å². The maximum atomic E-state index is 13.2. The minimum atomic E-state index is -3.76. The molecule has 0 saturated carbocycles. The van der Waals surface area contributed by atoms with Crippen LogP contribution in [0.25, 0.3) is 0 Å². The third kappa shape index (κ3) is 3.78. The number of amides is 2. The lowest BCUT2D eigenvalue weighted by Gasteiger charge is -2.21. The van der Waals surface area contributed by atoms with Crippen LogP contribution in [0.1, 0.15) is 30.9 Å². The highest BCUT2D eigenvalue weighted by atomic mass is 79.9. The van der Waals surface area contributed by atoms with Gasteiger partial charge in [0, 0.05) is 36.1 Å². The molecule has 0 radical (unpaired) electrons. The van der Waals surface area contributed by atoms with Gasteiger partial charge in [-0.25, -0.2) is 8.42 Å². The summed E-state index contributed by atoms with van der Waals surface area (Å²) in [5.41, 5.74) is 3.28. The summed E-state index contributed by atoms with van der Waals surface area (Å²) in [7, 11) is -3.76. The Hall–Kier alpha value is -2.19. The summed E-state index contributed by atoms with van der Waals surface area (Å²) in [6, 6.07) is 11.1. The first-order valence-electron chi connectivity index (χ1n) is 10.1. The molecule has 30 heavy (non-hydrogen) atoms. The zero-order valence-electron chi connectivity index (χ0n) is 16.7. The van der Waals surface area contributed by atoms with Gasteiger partial charge in [-0.1, -0.05) is 41.1 Å². The Kier molecular flexibility index (Phi) is 5.72. The summed E-state index contributed by atoms with van der Waals surface area (Å²) in [6.45, 7) is 2.81. The van der Waals surface area contributed by atoms with Gasteiger partial charge in [-0.2, -0.15) is 0 Å². The lowest BCUT2D eigenvalue weighted by Crippen LogP contribution is -2.31. The molecule has 0 aromatic heterocycles. The molecule has 2 aromatic rings. The summed E-state index contributed by atoms with van der Waals surface area (Å²) < 4.78 is 27.1. The van der Waals surface area contributed by atoms with Crippen LogP contribution in [0.4, 0.5) is 11.4 Å². The van der Waals surface area contributed by atoms with Crippen molar-refractivity contribution in [3.05, 3.63) is 52.0 Å². The second kappa shape index (κ2) is 8.15. The Labute approximate surface area is 184 Å². The molecule has 0 unspecified atom stereocenters. The Morgan fingerprint density at radius 2 is 1.70 bits per heavy atom. The van der Waals surface area contributed by atoms with Gasteiger partial charge in [0.05, 0.1) is 16.3 Å². The molecule has 0 saturated heterocycles. The van der Waals surface area contributed by atoms with Crippen molar-refractivity contribution in [1.29, 1.82) is 0 Å². The smallest absolute Gasteiger partial charge is 0.228 e. The van der Waals surface area contributed by atoms with Crippen LogP contribution in [-0.4, -0.2) is 39.1 Å². The van der Waals surface area contributed by atoms with E-state index in [0.29, 0.717) is 36.1 Å². The van der Waals surface area contributed by atoms with E-state index in [9.17, 15) is 18.0 Å². The van der Waals surface area contributed by atoms with Crippen LogP contribution >= 0.6 is 15.9 Å². The molecule has 2 aliphatic rings. The van der Waals surface area contributed by atoms with Gasteiger partial charge in [-0.05, 0) is 42.2 Å². The molecule has 8 heteroatoms. The molecule has 6 nitrogen and oxygen atoms in total. The predicted molar refractivity (Wildman–Crippen MR) is 120 cm³/mol. The van der Waals surface area contributed by atoms with Crippen molar-refractivity contribution in [3.63, 3.8) is 0 Å². The molecule has 0 spiro atoms. The number of benzene rings is 2. The van der Waals surface area contributed by atoms with Gasteiger partial charge in [-0.15, -0.1) is 0 Å². The van der Waals surface area contributed by atoms with Gasteiger partial charge in [0.2, 0.25) is 11.8 Å². The van der Waals surface area contributed by atoms with Crippen LogP contribution in [0.5, 0.6) is 0 Å². The molecule has 2 aliphatic heterocycles. The average molecular weight is 491 g/mol. The first-order chi connectivity index (χ1) is 14.3. The van der Waals surface area contributed by atoms with Crippen LogP contribution in [0.3, 0.4) is 0 Å². The highest BCUT2D eigenvalue weighted by Gasteiger charge is 2.33. The van der Waals surface area contributed by atoms with Crippen LogP contribution in [0, 0.1) is 0 Å². The van der Waals surface area contributed by atoms with E-state index >= 15 is 0 Å². The molecule has 158 valence electrons. The molecule has 2 amide bonds. The fourth-order valence-electron chi connectivity index (χ4n) is 4.21. The van der Waals surface area contributed by atoms with E-state index < -0.39 is 9.84 Å². The predicted octanol–water partition coefficient (Wildman–Crippen LogP) is 3.50. The minimum absolute atomic E-state index is 0.0975. The third-order valence-electron chi connectivity index (χ3n) is 5.70. The second-order valence-corrected chi connectivity index (χ2v) is 10.5. The zero-order valence-corrected chi connectivity index (χ0v) is 19.1. The molecule has 4 rings (SSSR count). The Bertz CT molecular complexity index is 1130. The van der Waals surface area contributed by atoms with Crippen molar-refractivity contribution in [2.24, 2.45) is 0 Å². The highest BCUT2D eigenvalue weighted by molar-refractivity contribution is 9.10. The van der Waals surface area contributed by atoms with Gasteiger partial charge in [0.25, 0.3) is 0 Å². The van der Waals surface area contributed by atoms with Crippen LogP contribution in [-0.2, 0) is 32.3 Å². The Morgan fingerprint density at radius 1 is 1.00 bits per heavy atom. The number of sulfone groups is 1. The molecule has 0 atom stereocenters. The summed E-state index contributed by atoms with van der Waals surface area (Å²) in [5, 5.41) is 0. The molecule has 2 heterocycles. The van der Waals surface area contributed by atoms with Crippen molar-refractivity contribution in [2.45, 2.75) is 37.5 Å². The fraction of sp³-hybridized carbons (Fsp3) is 0.364. The van der Waals surface area contributed by atoms with E-state index in [1.807, 2.05) is 30.3 Å². The van der Waals surface area contributed by atoms with Crippen molar-refractivity contribution in [1.82, 2.24) is 0 Å². The minimum Gasteiger partial charge on any atom is -0.312 e. The SMILES string of the molecule is CCC(=O)N1CCc2cc(Br)cc(S(=O)(=O)CCC(=O)N3CCc4ccccc43)c21. The molecule has 0 bridgehead atoms. The monoisotopic (exact) mass is 490 g/mol. The number of rotatable bonds is 5. The largest absolute Gasteiger partial charge is 0.312 e. The first kappa shape index (κ1) is 21.1. The Morgan fingerprint density at radius 3 is 2.47 bits per heavy atom. The number of halogens is 1. The molecule has 0 aliphatic carbocycles. The normalized spacial score (nSPS) is 15.3. The average Bonchev–Trinajstić information content (AvgIpc) is 3.35. The van der Waals surface area contributed by atoms with Crippen molar-refractivity contribution in [3.8, 4) is 0 Å². The van der Waals surface area contributed by atoms with E-state index in [1.54, 1.807) is 22.8 Å². The summed E-state index contributed by atoms with van der Waals surface area (Å²) in [5.74, 6) is -0.587. The highest BCUT2D eigenvalue weighted by Crippen LogP contribution is 2.38. The van der Waals surface area contributed by atoms with E-state index in [0.717, 1.165) is 23.2 Å². The molecule has 2 aromatic carbocycles. The molecular weight excluding hydrogens is 468 g/mol. The summed E-state index contributed by atoms with van der Waals surface area (Å²) >= 11 is 3.39. The fourth-order valence-corrected chi connectivity index (χ4v) is 6.37. The molecule has 0 fully saturated rings. The quantitative estimate of drug-likeness (QED) is 0.642. The number of nitrogens with zero attached hydrogens (tertiary/aromatic N) is 2. The summed E-state index contributed by atoms with van der Waals surface area (Å²) in [6.07, 6.45) is 1.61. The maximum Gasteiger partial charge on any atom is 0.228 e. The van der Waals surface area contributed by atoms with Crippen LogP contribution < -0.4 is 9.80 Å². The number of para-hydroxylation sites is 1. The number of anilines is 2. The lowest BCUT2D eigenvalue weighted by molar-refractivity contribution is -0.119. The van der Waals surface area contributed by atoms with Crippen molar-refractivity contribution >= 4 is 49.0 Å². The van der Waals surface area contributed by atoms with Crippen molar-refractivity contribution < 1.29 is 18.0 Å². The number of carbonyl (C=O) groups is 2. The summed E-state index contributed by atoms with van der Waals surface area (Å²) in [4.78, 5) is 28.5.